The van der Waals surface area contributed by atoms with Crippen molar-refractivity contribution >= 4 is 23.3 Å². The van der Waals surface area contributed by atoms with Gasteiger partial charge in [0.25, 0.3) is 5.91 Å². The van der Waals surface area contributed by atoms with E-state index in [1.54, 1.807) is 29.2 Å². The molecule has 5 N–H and O–H groups in total. The van der Waals surface area contributed by atoms with Crippen molar-refractivity contribution in [3.63, 3.8) is 0 Å². The molecule has 0 unspecified atom stereocenters. The van der Waals surface area contributed by atoms with E-state index in [4.69, 9.17) is 15.9 Å². The fraction of sp³-hybridized carbons (Fsp3) is 0.318. The molecule has 3 rings (SSSR count). The number of morpholine rings is 1. The van der Waals surface area contributed by atoms with Crippen LogP contribution >= 0.6 is 0 Å². The first-order chi connectivity index (χ1) is 14.4. The number of rotatable bonds is 7. The minimum absolute atomic E-state index is 0.0266. The summed E-state index contributed by atoms with van der Waals surface area (Å²) in [6, 6.07) is 12.6. The van der Waals surface area contributed by atoms with Crippen molar-refractivity contribution in [1.29, 1.82) is 5.41 Å². The number of amidine groups is 1. The predicted octanol–water partition coefficient (Wildman–Crippen LogP) is 1.48. The van der Waals surface area contributed by atoms with Crippen molar-refractivity contribution in [2.75, 3.05) is 38.2 Å². The Morgan fingerprint density at radius 3 is 2.60 bits per heavy atom. The number of nitrogens with two attached hydrogens (primary N) is 1. The van der Waals surface area contributed by atoms with Gasteiger partial charge in [0.2, 0.25) is 5.91 Å². The van der Waals surface area contributed by atoms with Crippen LogP contribution in [0.5, 0.6) is 0 Å². The average Bonchev–Trinajstić information content (AvgIpc) is 2.76. The van der Waals surface area contributed by atoms with Crippen molar-refractivity contribution in [1.82, 2.24) is 10.2 Å². The Morgan fingerprint density at radius 1 is 1.13 bits per heavy atom. The van der Waals surface area contributed by atoms with E-state index in [-0.39, 0.29) is 30.7 Å². The summed E-state index contributed by atoms with van der Waals surface area (Å²) in [5, 5.41) is 13.7. The monoisotopic (exact) mass is 409 g/mol. The van der Waals surface area contributed by atoms with E-state index in [1.807, 2.05) is 25.1 Å². The van der Waals surface area contributed by atoms with Gasteiger partial charge in [0, 0.05) is 36.4 Å². The highest BCUT2D eigenvalue weighted by Crippen LogP contribution is 2.18. The first-order valence-electron chi connectivity index (χ1n) is 9.85. The topological polar surface area (TPSA) is 121 Å². The number of amides is 2. The van der Waals surface area contributed by atoms with Gasteiger partial charge in [0.15, 0.2) is 0 Å². The van der Waals surface area contributed by atoms with Crippen LogP contribution in [0.25, 0.3) is 0 Å². The number of benzene rings is 2. The standard InChI is InChI=1S/C22H27N5O3/c1-15-3-2-4-17(11-15)22(29)26-13-18-6-5-16(21(23)24)12-19(18)25-14-20(28)27-7-9-30-10-8-27/h2-6,11-12,25H,7-10,13-14H2,1H3,(H3,23,24)(H,26,29). The second kappa shape index (κ2) is 9.89. The van der Waals surface area contributed by atoms with Crippen LogP contribution in [0.15, 0.2) is 42.5 Å². The van der Waals surface area contributed by atoms with Crippen LogP contribution < -0.4 is 16.4 Å². The first kappa shape index (κ1) is 21.3. The third-order valence-electron chi connectivity index (χ3n) is 4.93. The SMILES string of the molecule is Cc1cccc(C(=O)NCc2ccc(C(=N)N)cc2NCC(=O)N2CCOCC2)c1. The third-order valence-corrected chi connectivity index (χ3v) is 4.93. The molecule has 158 valence electrons. The van der Waals surface area contributed by atoms with Crippen molar-refractivity contribution < 1.29 is 14.3 Å². The van der Waals surface area contributed by atoms with Gasteiger partial charge >= 0.3 is 0 Å². The zero-order valence-corrected chi connectivity index (χ0v) is 17.0. The number of nitrogens with one attached hydrogen (secondary N) is 3. The molecule has 1 saturated heterocycles. The maximum Gasteiger partial charge on any atom is 0.251 e. The van der Waals surface area contributed by atoms with Crippen molar-refractivity contribution in [3.05, 3.63) is 64.7 Å². The Balaban J connectivity index is 1.69. The van der Waals surface area contributed by atoms with Gasteiger partial charge in [-0.25, -0.2) is 0 Å². The summed E-state index contributed by atoms with van der Waals surface area (Å²) in [6.07, 6.45) is 0. The van der Waals surface area contributed by atoms with Gasteiger partial charge in [-0.3, -0.25) is 15.0 Å². The number of nitrogens with zero attached hydrogens (tertiary/aromatic N) is 1. The second-order valence-electron chi connectivity index (χ2n) is 7.18. The molecule has 2 amide bonds. The molecule has 0 aromatic heterocycles. The maximum atomic E-state index is 12.5. The van der Waals surface area contributed by atoms with Crippen molar-refractivity contribution in [2.24, 2.45) is 5.73 Å². The minimum atomic E-state index is -0.176. The minimum Gasteiger partial charge on any atom is -0.384 e. The lowest BCUT2D eigenvalue weighted by atomic mass is 10.1. The molecule has 8 nitrogen and oxygen atoms in total. The highest BCUT2D eigenvalue weighted by Gasteiger charge is 2.17. The van der Waals surface area contributed by atoms with Gasteiger partial charge in [-0.05, 0) is 30.7 Å². The lowest BCUT2D eigenvalue weighted by molar-refractivity contribution is -0.133. The summed E-state index contributed by atoms with van der Waals surface area (Å²) in [5.74, 6) is -0.265. The van der Waals surface area contributed by atoms with Gasteiger partial charge in [-0.2, -0.15) is 0 Å². The fourth-order valence-corrected chi connectivity index (χ4v) is 3.22. The molecule has 1 fully saturated rings. The first-order valence-corrected chi connectivity index (χ1v) is 9.85. The fourth-order valence-electron chi connectivity index (χ4n) is 3.22. The smallest absolute Gasteiger partial charge is 0.251 e. The van der Waals surface area contributed by atoms with Crippen LogP contribution in [0.3, 0.4) is 0 Å². The number of hydrogen-bond acceptors (Lipinski definition) is 5. The normalized spacial score (nSPS) is 13.6. The Bertz CT molecular complexity index is 938. The van der Waals surface area contributed by atoms with Crippen LogP contribution in [-0.2, 0) is 16.1 Å². The Morgan fingerprint density at radius 2 is 1.90 bits per heavy atom. The number of aryl methyl sites for hydroxylation is 1. The lowest BCUT2D eigenvalue weighted by Gasteiger charge is -2.27. The number of carbonyl (C=O) groups is 2. The maximum absolute atomic E-state index is 12.5. The molecule has 0 spiro atoms. The number of nitrogen functional groups attached to an aromatic ring is 1. The Hall–Kier alpha value is -3.39. The zero-order valence-electron chi connectivity index (χ0n) is 17.0. The van der Waals surface area contributed by atoms with Crippen LogP contribution in [-0.4, -0.2) is 55.4 Å². The van der Waals surface area contributed by atoms with Gasteiger partial charge in [0.05, 0.1) is 19.8 Å². The van der Waals surface area contributed by atoms with E-state index >= 15 is 0 Å². The van der Waals surface area contributed by atoms with E-state index in [2.05, 4.69) is 10.6 Å². The van der Waals surface area contributed by atoms with Crippen LogP contribution in [0.1, 0.15) is 27.0 Å². The molecular weight excluding hydrogens is 382 g/mol. The van der Waals surface area contributed by atoms with E-state index in [0.29, 0.717) is 43.1 Å². The van der Waals surface area contributed by atoms with E-state index in [0.717, 1.165) is 11.1 Å². The van der Waals surface area contributed by atoms with Gasteiger partial charge in [-0.1, -0.05) is 29.8 Å². The number of anilines is 1. The second-order valence-corrected chi connectivity index (χ2v) is 7.18. The molecule has 30 heavy (non-hydrogen) atoms. The molecule has 1 heterocycles. The highest BCUT2D eigenvalue weighted by atomic mass is 16.5. The molecule has 2 aromatic carbocycles. The summed E-state index contributed by atoms with van der Waals surface area (Å²) in [4.78, 5) is 26.7. The average molecular weight is 409 g/mol. The van der Waals surface area contributed by atoms with Gasteiger partial charge in [0.1, 0.15) is 5.84 Å². The molecule has 0 atom stereocenters. The Kier molecular flexibility index (Phi) is 7.03. The summed E-state index contributed by atoms with van der Waals surface area (Å²) in [7, 11) is 0. The molecule has 1 aliphatic heterocycles. The van der Waals surface area contributed by atoms with Crippen LogP contribution in [0, 0.1) is 12.3 Å². The molecule has 1 aliphatic rings. The van der Waals surface area contributed by atoms with Crippen molar-refractivity contribution in [3.8, 4) is 0 Å². The quantitative estimate of drug-likeness (QED) is 0.408. The van der Waals surface area contributed by atoms with Gasteiger partial charge in [-0.15, -0.1) is 0 Å². The summed E-state index contributed by atoms with van der Waals surface area (Å²) in [6.45, 7) is 4.56. The number of ether oxygens (including phenoxy) is 1. The molecule has 0 saturated carbocycles. The molecule has 2 aromatic rings. The highest BCUT2D eigenvalue weighted by molar-refractivity contribution is 5.96. The van der Waals surface area contributed by atoms with Crippen LogP contribution in [0.2, 0.25) is 0 Å². The summed E-state index contributed by atoms with van der Waals surface area (Å²) < 4.78 is 5.28. The molecular formula is C22H27N5O3. The molecule has 8 heteroatoms. The van der Waals surface area contributed by atoms with E-state index < -0.39 is 0 Å². The number of carbonyl (C=O) groups excluding carboxylic acids is 2. The molecule has 0 radical (unpaired) electrons. The van der Waals surface area contributed by atoms with E-state index in [1.165, 1.54) is 0 Å². The molecule has 0 aliphatic carbocycles. The Labute approximate surface area is 175 Å². The van der Waals surface area contributed by atoms with E-state index in [9.17, 15) is 9.59 Å². The third kappa shape index (κ3) is 5.57. The number of hydrogen-bond donors (Lipinski definition) is 4. The lowest BCUT2D eigenvalue weighted by Crippen LogP contribution is -2.43. The van der Waals surface area contributed by atoms with Crippen molar-refractivity contribution in [2.45, 2.75) is 13.5 Å². The zero-order chi connectivity index (χ0) is 21.5. The summed E-state index contributed by atoms with van der Waals surface area (Å²) >= 11 is 0. The molecule has 0 bridgehead atoms. The van der Waals surface area contributed by atoms with Gasteiger partial charge < -0.3 is 26.0 Å². The summed E-state index contributed by atoms with van der Waals surface area (Å²) in [5.41, 5.74) is 9.23. The van der Waals surface area contributed by atoms with Crippen LogP contribution in [0.4, 0.5) is 5.69 Å². The predicted molar refractivity (Wildman–Crippen MR) is 116 cm³/mol. The largest absolute Gasteiger partial charge is 0.384 e.